The quantitative estimate of drug-likeness (QED) is 0.719. The number of carbonyl (C=O) groups excluding carboxylic acids is 1. The Morgan fingerprint density at radius 1 is 1.00 bits per heavy atom. The number of amides is 1. The molecule has 0 aromatic heterocycles. The summed E-state index contributed by atoms with van der Waals surface area (Å²) in [6.45, 7) is 5.92. The molecule has 134 valence electrons. The van der Waals surface area contributed by atoms with Crippen LogP contribution >= 0.6 is 11.8 Å². The summed E-state index contributed by atoms with van der Waals surface area (Å²) in [6.07, 6.45) is 1.04. The van der Waals surface area contributed by atoms with E-state index in [0.29, 0.717) is 17.4 Å². The van der Waals surface area contributed by atoms with Crippen molar-refractivity contribution >= 4 is 17.7 Å². The maximum absolute atomic E-state index is 12.3. The maximum atomic E-state index is 12.3. The lowest BCUT2D eigenvalue weighted by Crippen LogP contribution is -2.22. The fourth-order valence-electron chi connectivity index (χ4n) is 2.42. The van der Waals surface area contributed by atoms with Gasteiger partial charge in [0.25, 0.3) is 5.91 Å². The van der Waals surface area contributed by atoms with Crippen molar-refractivity contribution in [2.24, 2.45) is 0 Å². The molecule has 0 atom stereocenters. The predicted molar refractivity (Wildman–Crippen MR) is 107 cm³/mol. The number of thioether (sulfide) groups is 1. The standard InChI is InChI=1S/C21H28N2OS/c1-16(2)25-20-11-9-19(10-12-20)21(24)22-15-18-7-5-17(6-8-18)13-14-23(3)4/h5-12,16H,13-15H2,1-4H3,(H,22,24). The summed E-state index contributed by atoms with van der Waals surface area (Å²) >= 11 is 1.80. The molecule has 0 aliphatic heterocycles. The SMILES string of the molecule is CC(C)Sc1ccc(C(=O)NCc2ccc(CCN(C)C)cc2)cc1. The summed E-state index contributed by atoms with van der Waals surface area (Å²) in [4.78, 5) is 15.6. The van der Waals surface area contributed by atoms with Crippen molar-refractivity contribution in [1.82, 2.24) is 10.2 Å². The minimum Gasteiger partial charge on any atom is -0.348 e. The first-order chi connectivity index (χ1) is 11.9. The summed E-state index contributed by atoms with van der Waals surface area (Å²) in [5.41, 5.74) is 3.15. The Balaban J connectivity index is 1.84. The van der Waals surface area contributed by atoms with E-state index in [2.05, 4.69) is 62.4 Å². The number of hydrogen-bond donors (Lipinski definition) is 1. The molecule has 3 nitrogen and oxygen atoms in total. The molecule has 0 fully saturated rings. The van der Waals surface area contributed by atoms with Crippen LogP contribution in [0, 0.1) is 0 Å². The summed E-state index contributed by atoms with van der Waals surface area (Å²) in [5, 5.41) is 3.53. The van der Waals surface area contributed by atoms with Gasteiger partial charge in [0.15, 0.2) is 0 Å². The van der Waals surface area contributed by atoms with E-state index in [1.165, 1.54) is 10.5 Å². The minimum absolute atomic E-state index is 0.0298. The van der Waals surface area contributed by atoms with Crippen LogP contribution < -0.4 is 5.32 Å². The number of carbonyl (C=O) groups is 1. The number of hydrogen-bond acceptors (Lipinski definition) is 3. The van der Waals surface area contributed by atoms with E-state index in [-0.39, 0.29) is 5.91 Å². The zero-order valence-electron chi connectivity index (χ0n) is 15.6. The molecule has 0 saturated heterocycles. The lowest BCUT2D eigenvalue weighted by molar-refractivity contribution is 0.0951. The second kappa shape index (κ2) is 9.64. The van der Waals surface area contributed by atoms with E-state index >= 15 is 0 Å². The third-order valence-electron chi connectivity index (χ3n) is 3.81. The normalized spacial score (nSPS) is 11.1. The van der Waals surface area contributed by atoms with Crippen molar-refractivity contribution in [1.29, 1.82) is 0 Å². The Hall–Kier alpha value is -1.78. The lowest BCUT2D eigenvalue weighted by atomic mass is 10.1. The molecule has 2 rings (SSSR count). The van der Waals surface area contributed by atoms with Gasteiger partial charge in [-0.2, -0.15) is 0 Å². The highest BCUT2D eigenvalue weighted by Crippen LogP contribution is 2.22. The average molecular weight is 357 g/mol. The maximum Gasteiger partial charge on any atom is 0.251 e. The highest BCUT2D eigenvalue weighted by atomic mass is 32.2. The fourth-order valence-corrected chi connectivity index (χ4v) is 3.26. The van der Waals surface area contributed by atoms with E-state index < -0.39 is 0 Å². The summed E-state index contributed by atoms with van der Waals surface area (Å²) in [7, 11) is 4.16. The number of nitrogens with zero attached hydrogens (tertiary/aromatic N) is 1. The van der Waals surface area contributed by atoms with Gasteiger partial charge in [-0.25, -0.2) is 0 Å². The largest absolute Gasteiger partial charge is 0.348 e. The van der Waals surface area contributed by atoms with Gasteiger partial charge in [0.2, 0.25) is 0 Å². The van der Waals surface area contributed by atoms with Gasteiger partial charge in [-0.1, -0.05) is 38.1 Å². The molecular formula is C21H28N2OS. The average Bonchev–Trinajstić information content (AvgIpc) is 2.59. The number of rotatable bonds is 8. The molecule has 1 amide bonds. The van der Waals surface area contributed by atoms with Crippen LogP contribution in [0.1, 0.15) is 35.3 Å². The van der Waals surface area contributed by atoms with Gasteiger partial charge in [-0.3, -0.25) is 4.79 Å². The van der Waals surface area contributed by atoms with Crippen LogP contribution in [0.15, 0.2) is 53.4 Å². The highest BCUT2D eigenvalue weighted by Gasteiger charge is 2.06. The Kier molecular flexibility index (Phi) is 7.53. The number of nitrogens with one attached hydrogen (secondary N) is 1. The Morgan fingerprint density at radius 2 is 1.60 bits per heavy atom. The smallest absolute Gasteiger partial charge is 0.251 e. The van der Waals surface area contributed by atoms with E-state index in [1.54, 1.807) is 11.8 Å². The van der Waals surface area contributed by atoms with Crippen molar-refractivity contribution in [3.63, 3.8) is 0 Å². The molecule has 1 N–H and O–H groups in total. The molecule has 0 aliphatic rings. The summed E-state index contributed by atoms with van der Waals surface area (Å²) in [5.74, 6) is -0.0298. The lowest BCUT2D eigenvalue weighted by Gasteiger charge is -2.10. The van der Waals surface area contributed by atoms with Gasteiger partial charge in [-0.15, -0.1) is 11.8 Å². The van der Waals surface area contributed by atoms with Crippen LogP contribution in [0.2, 0.25) is 0 Å². The number of benzene rings is 2. The zero-order valence-corrected chi connectivity index (χ0v) is 16.4. The molecule has 0 spiro atoms. The Morgan fingerprint density at radius 3 is 2.16 bits per heavy atom. The van der Waals surface area contributed by atoms with Crippen molar-refractivity contribution in [2.45, 2.75) is 37.0 Å². The predicted octanol–water partition coefficient (Wildman–Crippen LogP) is 4.22. The molecule has 0 saturated carbocycles. The van der Waals surface area contributed by atoms with Gasteiger partial charge in [0.1, 0.15) is 0 Å². The molecular weight excluding hydrogens is 328 g/mol. The Bertz CT molecular complexity index is 663. The van der Waals surface area contributed by atoms with Crippen LogP contribution in [0.4, 0.5) is 0 Å². The molecule has 0 unspecified atom stereocenters. The van der Waals surface area contributed by atoms with E-state index in [4.69, 9.17) is 0 Å². The van der Waals surface area contributed by atoms with Crippen molar-refractivity contribution in [2.75, 3.05) is 20.6 Å². The molecule has 25 heavy (non-hydrogen) atoms. The number of likely N-dealkylation sites (N-methyl/N-ethyl adjacent to an activating group) is 1. The second-order valence-corrected chi connectivity index (χ2v) is 8.39. The third-order valence-corrected chi connectivity index (χ3v) is 4.83. The molecule has 0 bridgehead atoms. The molecule has 0 aliphatic carbocycles. The molecule has 4 heteroatoms. The first-order valence-electron chi connectivity index (χ1n) is 8.71. The molecule has 0 heterocycles. The van der Waals surface area contributed by atoms with Crippen molar-refractivity contribution < 1.29 is 4.79 Å². The third kappa shape index (κ3) is 6.92. The van der Waals surface area contributed by atoms with Crippen molar-refractivity contribution in [3.05, 3.63) is 65.2 Å². The summed E-state index contributed by atoms with van der Waals surface area (Å²) < 4.78 is 0. The molecule has 2 aromatic carbocycles. The van der Waals surface area contributed by atoms with E-state index in [9.17, 15) is 4.79 Å². The van der Waals surface area contributed by atoms with Gasteiger partial charge < -0.3 is 10.2 Å². The fraction of sp³-hybridized carbons (Fsp3) is 0.381. The first kappa shape index (κ1) is 19.5. The van der Waals surface area contributed by atoms with Gasteiger partial charge in [0, 0.05) is 28.8 Å². The highest BCUT2D eigenvalue weighted by molar-refractivity contribution is 7.99. The van der Waals surface area contributed by atoms with Crippen LogP contribution in [-0.4, -0.2) is 36.7 Å². The first-order valence-corrected chi connectivity index (χ1v) is 9.59. The van der Waals surface area contributed by atoms with E-state index in [0.717, 1.165) is 18.5 Å². The van der Waals surface area contributed by atoms with Gasteiger partial charge in [-0.05, 0) is 55.9 Å². The van der Waals surface area contributed by atoms with Gasteiger partial charge >= 0.3 is 0 Å². The summed E-state index contributed by atoms with van der Waals surface area (Å²) in [6, 6.07) is 16.3. The van der Waals surface area contributed by atoms with Crippen LogP contribution in [0.5, 0.6) is 0 Å². The Labute approximate surface area is 155 Å². The van der Waals surface area contributed by atoms with Crippen molar-refractivity contribution in [3.8, 4) is 0 Å². The molecule has 2 aromatic rings. The van der Waals surface area contributed by atoms with Crippen LogP contribution in [-0.2, 0) is 13.0 Å². The van der Waals surface area contributed by atoms with Crippen LogP contribution in [0.3, 0.4) is 0 Å². The van der Waals surface area contributed by atoms with Crippen LogP contribution in [0.25, 0.3) is 0 Å². The topological polar surface area (TPSA) is 32.3 Å². The second-order valence-electron chi connectivity index (χ2n) is 6.74. The zero-order chi connectivity index (χ0) is 18.2. The molecule has 0 radical (unpaired) electrons. The van der Waals surface area contributed by atoms with Gasteiger partial charge in [0.05, 0.1) is 0 Å². The van der Waals surface area contributed by atoms with E-state index in [1.807, 2.05) is 24.3 Å². The monoisotopic (exact) mass is 356 g/mol. The minimum atomic E-state index is -0.0298.